The summed E-state index contributed by atoms with van der Waals surface area (Å²) in [5.41, 5.74) is 0. The summed E-state index contributed by atoms with van der Waals surface area (Å²) < 4.78 is 0. The van der Waals surface area contributed by atoms with Gasteiger partial charge in [0.2, 0.25) is 0 Å². The van der Waals surface area contributed by atoms with Crippen molar-refractivity contribution in [3.63, 3.8) is 0 Å². The van der Waals surface area contributed by atoms with Crippen LogP contribution in [0.25, 0.3) is 0 Å². The lowest BCUT2D eigenvalue weighted by atomic mass is 10.1. The second-order valence-corrected chi connectivity index (χ2v) is 5.30. The Balaban J connectivity index is -0.000000114. The first-order chi connectivity index (χ1) is 12.5. The maximum atomic E-state index is 7.00. The van der Waals surface area contributed by atoms with Crippen LogP contribution in [0.4, 0.5) is 0 Å². The molecule has 0 aromatic carbocycles. The molecule has 5 heteroatoms. The van der Waals surface area contributed by atoms with Gasteiger partial charge in [-0.3, -0.25) is 0 Å². The number of aliphatic hydroxyl groups excluding tert-OH is 5. The Hall–Kier alpha value is -0.200. The van der Waals surface area contributed by atoms with Gasteiger partial charge in [-0.05, 0) is 0 Å². The Morgan fingerprint density at radius 2 is 0.240 bits per heavy atom. The molecule has 25 heavy (non-hydrogen) atoms. The maximum absolute atomic E-state index is 7.00. The summed E-state index contributed by atoms with van der Waals surface area (Å²) in [6.07, 6.45) is 22.5. The van der Waals surface area contributed by atoms with Crippen molar-refractivity contribution in [2.24, 2.45) is 0 Å². The fraction of sp³-hybridized carbons (Fsp3) is 1.00. The predicted molar refractivity (Wildman–Crippen MR) is 110 cm³/mol. The number of hydrogen-bond donors (Lipinski definition) is 5. The predicted octanol–water partition coefficient (Wildman–Crippen LogP) is 3.89. The minimum Gasteiger partial charge on any atom is -0.400 e. The van der Waals surface area contributed by atoms with Crippen molar-refractivity contribution in [3.05, 3.63) is 0 Å². The van der Waals surface area contributed by atoms with E-state index in [9.17, 15) is 0 Å². The van der Waals surface area contributed by atoms with Crippen LogP contribution in [0, 0.1) is 0 Å². The lowest BCUT2D eigenvalue weighted by Crippen LogP contribution is -1.81. The highest BCUT2D eigenvalue weighted by molar-refractivity contribution is 4.52. The fourth-order valence-corrected chi connectivity index (χ4v) is 2.65. The topological polar surface area (TPSA) is 101 Å². The minimum atomic E-state index is 1.00. The van der Waals surface area contributed by atoms with Crippen LogP contribution in [0.2, 0.25) is 0 Å². The van der Waals surface area contributed by atoms with E-state index in [1.807, 2.05) is 0 Å². The highest BCUT2D eigenvalue weighted by Gasteiger charge is 1.96. The molecular formula is C20H50O5. The summed E-state index contributed by atoms with van der Waals surface area (Å²) in [7, 11) is 5.00. The number of aliphatic hydroxyl groups is 5. The molecule has 1 aliphatic carbocycles. The van der Waals surface area contributed by atoms with Gasteiger partial charge in [0.1, 0.15) is 0 Å². The number of hydrogen-bond acceptors (Lipinski definition) is 5. The van der Waals surface area contributed by atoms with Crippen molar-refractivity contribution >= 4 is 0 Å². The SMILES string of the molecule is C1CCCCCCCCCCCCCC1.CO.CO.CO.CO.CO. The van der Waals surface area contributed by atoms with Crippen molar-refractivity contribution in [1.82, 2.24) is 0 Å². The summed E-state index contributed by atoms with van der Waals surface area (Å²) in [6, 6.07) is 0. The quantitative estimate of drug-likeness (QED) is 0.445. The Morgan fingerprint density at radius 3 is 0.280 bits per heavy atom. The summed E-state index contributed by atoms with van der Waals surface area (Å²) in [5, 5.41) is 35.0. The van der Waals surface area contributed by atoms with Crippen molar-refractivity contribution in [1.29, 1.82) is 0 Å². The van der Waals surface area contributed by atoms with E-state index in [-0.39, 0.29) is 0 Å². The zero-order valence-electron chi connectivity index (χ0n) is 17.8. The lowest BCUT2D eigenvalue weighted by molar-refractivity contribution is 0.399. The summed E-state index contributed by atoms with van der Waals surface area (Å²) in [5.74, 6) is 0. The molecule has 0 aromatic heterocycles. The van der Waals surface area contributed by atoms with Gasteiger partial charge in [-0.15, -0.1) is 0 Å². The molecular weight excluding hydrogens is 320 g/mol. The molecule has 0 amide bonds. The zero-order chi connectivity index (χ0) is 20.6. The molecule has 1 fully saturated rings. The third-order valence-corrected chi connectivity index (χ3v) is 3.75. The largest absolute Gasteiger partial charge is 0.400 e. The molecule has 0 radical (unpaired) electrons. The first kappa shape index (κ1) is 35.8. The van der Waals surface area contributed by atoms with Gasteiger partial charge in [-0.25, -0.2) is 0 Å². The molecule has 5 nitrogen and oxygen atoms in total. The molecule has 0 heterocycles. The van der Waals surface area contributed by atoms with Crippen LogP contribution in [0.3, 0.4) is 0 Å². The molecule has 1 aliphatic rings. The zero-order valence-corrected chi connectivity index (χ0v) is 17.8. The van der Waals surface area contributed by atoms with Crippen molar-refractivity contribution in [2.45, 2.75) is 96.3 Å². The van der Waals surface area contributed by atoms with E-state index in [4.69, 9.17) is 25.5 Å². The van der Waals surface area contributed by atoms with E-state index in [0.717, 1.165) is 35.5 Å². The third kappa shape index (κ3) is 51.6. The van der Waals surface area contributed by atoms with Gasteiger partial charge in [0.15, 0.2) is 0 Å². The highest BCUT2D eigenvalue weighted by atomic mass is 16.2. The van der Waals surface area contributed by atoms with Gasteiger partial charge in [-0.2, -0.15) is 0 Å². The smallest absolute Gasteiger partial charge is 0.0319 e. The molecule has 0 bridgehead atoms. The Bertz CT molecular complexity index is 76.7. The van der Waals surface area contributed by atoms with Crippen molar-refractivity contribution in [3.8, 4) is 0 Å². The minimum absolute atomic E-state index is 1.00. The Morgan fingerprint density at radius 1 is 0.200 bits per heavy atom. The van der Waals surface area contributed by atoms with Gasteiger partial charge in [0.05, 0.1) is 0 Å². The summed E-state index contributed by atoms with van der Waals surface area (Å²) in [4.78, 5) is 0. The molecule has 1 saturated carbocycles. The maximum Gasteiger partial charge on any atom is 0.0319 e. The molecule has 5 N–H and O–H groups in total. The molecule has 0 saturated heterocycles. The van der Waals surface area contributed by atoms with Gasteiger partial charge in [0.25, 0.3) is 0 Å². The van der Waals surface area contributed by atoms with E-state index >= 15 is 0 Å². The van der Waals surface area contributed by atoms with Crippen LogP contribution >= 0.6 is 0 Å². The molecule has 0 aromatic rings. The molecule has 0 spiro atoms. The number of rotatable bonds is 0. The van der Waals surface area contributed by atoms with Crippen LogP contribution < -0.4 is 0 Å². The van der Waals surface area contributed by atoms with E-state index < -0.39 is 0 Å². The molecule has 0 unspecified atom stereocenters. The molecule has 1 rings (SSSR count). The van der Waals surface area contributed by atoms with Crippen LogP contribution in [-0.4, -0.2) is 61.1 Å². The van der Waals surface area contributed by atoms with E-state index in [0.29, 0.717) is 0 Å². The normalized spacial score (nSPS) is 15.6. The highest BCUT2D eigenvalue weighted by Crippen LogP contribution is 2.16. The van der Waals surface area contributed by atoms with Crippen LogP contribution in [0.5, 0.6) is 0 Å². The second kappa shape index (κ2) is 56.5. The van der Waals surface area contributed by atoms with Crippen LogP contribution in [-0.2, 0) is 0 Å². The summed E-state index contributed by atoms with van der Waals surface area (Å²) in [6.45, 7) is 0. The van der Waals surface area contributed by atoms with Gasteiger partial charge >= 0.3 is 0 Å². The summed E-state index contributed by atoms with van der Waals surface area (Å²) >= 11 is 0. The van der Waals surface area contributed by atoms with Crippen molar-refractivity contribution < 1.29 is 25.5 Å². The lowest BCUT2D eigenvalue weighted by Gasteiger charge is -2.01. The molecule has 0 aliphatic heterocycles. The molecule has 0 atom stereocenters. The second-order valence-electron chi connectivity index (χ2n) is 5.30. The average molecular weight is 371 g/mol. The van der Waals surface area contributed by atoms with Crippen molar-refractivity contribution in [2.75, 3.05) is 35.5 Å². The first-order valence-corrected chi connectivity index (χ1v) is 9.74. The average Bonchev–Trinajstić information content (AvgIpc) is 2.75. The molecule has 160 valence electrons. The standard InChI is InChI=1S/C15H30.5CH4O/c1-2-4-6-8-10-12-14-15-13-11-9-7-5-3-1;5*1-2/h1-15H2;5*2H,1H3. The monoisotopic (exact) mass is 370 g/mol. The Labute approximate surface area is 158 Å². The van der Waals surface area contributed by atoms with Crippen LogP contribution in [0.1, 0.15) is 96.3 Å². The van der Waals surface area contributed by atoms with E-state index in [1.54, 1.807) is 0 Å². The van der Waals surface area contributed by atoms with Crippen LogP contribution in [0.15, 0.2) is 0 Å². The van der Waals surface area contributed by atoms with Gasteiger partial charge in [-0.1, -0.05) is 96.3 Å². The van der Waals surface area contributed by atoms with Gasteiger partial charge in [0, 0.05) is 35.5 Å². The van der Waals surface area contributed by atoms with E-state index in [2.05, 4.69) is 0 Å². The van der Waals surface area contributed by atoms with Gasteiger partial charge < -0.3 is 25.5 Å². The Kier molecular flexibility index (Phi) is 81.0. The third-order valence-electron chi connectivity index (χ3n) is 3.75. The first-order valence-electron chi connectivity index (χ1n) is 9.74. The van der Waals surface area contributed by atoms with E-state index in [1.165, 1.54) is 96.3 Å². The fourth-order valence-electron chi connectivity index (χ4n) is 2.65.